The lowest BCUT2D eigenvalue weighted by atomic mass is 9.87. The molecule has 0 bridgehead atoms. The van der Waals surface area contributed by atoms with Crippen LogP contribution in [-0.2, 0) is 19.1 Å². The van der Waals surface area contributed by atoms with Gasteiger partial charge in [0, 0.05) is 23.6 Å². The number of primary amides is 1. The van der Waals surface area contributed by atoms with Gasteiger partial charge in [-0.1, -0.05) is 30.3 Å². The average molecular weight is 456 g/mol. The van der Waals surface area contributed by atoms with E-state index in [2.05, 4.69) is 10.6 Å². The minimum absolute atomic E-state index is 0.102. The summed E-state index contributed by atoms with van der Waals surface area (Å²) in [4.78, 5) is 59.2. The number of amides is 3. The highest BCUT2D eigenvalue weighted by molar-refractivity contribution is 5.97. The van der Waals surface area contributed by atoms with E-state index >= 15 is 0 Å². The van der Waals surface area contributed by atoms with Gasteiger partial charge in [0.25, 0.3) is 11.6 Å². The lowest BCUT2D eigenvalue weighted by Crippen LogP contribution is -2.51. The molecule has 2 aromatic carbocycles. The van der Waals surface area contributed by atoms with E-state index in [0.29, 0.717) is 11.1 Å². The quantitative estimate of drug-likeness (QED) is 0.257. The van der Waals surface area contributed by atoms with Gasteiger partial charge in [0.05, 0.1) is 24.5 Å². The van der Waals surface area contributed by atoms with E-state index in [4.69, 9.17) is 10.5 Å². The maximum absolute atomic E-state index is 12.4. The minimum Gasteiger partial charge on any atom is -0.466 e. The molecule has 0 saturated heterocycles. The summed E-state index contributed by atoms with van der Waals surface area (Å²) in [6.07, 6.45) is -0.310. The molecule has 0 radical (unpaired) electrons. The van der Waals surface area contributed by atoms with E-state index < -0.39 is 47.1 Å². The molecular formula is C22H24N4O7. The number of carbonyl (C=O) groups excluding carboxylic acids is 4. The predicted molar refractivity (Wildman–Crippen MR) is 117 cm³/mol. The molecule has 11 nitrogen and oxygen atoms in total. The number of benzene rings is 2. The monoisotopic (exact) mass is 456 g/mol. The molecule has 2 atom stereocenters. The van der Waals surface area contributed by atoms with Crippen molar-refractivity contribution in [2.45, 2.75) is 25.3 Å². The molecule has 0 unspecified atom stereocenters. The summed E-state index contributed by atoms with van der Waals surface area (Å²) in [6.45, 7) is 1.27. The Morgan fingerprint density at radius 1 is 1.06 bits per heavy atom. The van der Waals surface area contributed by atoms with Crippen molar-refractivity contribution in [3.63, 3.8) is 0 Å². The van der Waals surface area contributed by atoms with Crippen LogP contribution in [0.3, 0.4) is 0 Å². The number of nitrogens with zero attached hydrogens (tertiary/aromatic N) is 1. The second kappa shape index (κ2) is 11.9. The van der Waals surface area contributed by atoms with Crippen molar-refractivity contribution >= 4 is 29.4 Å². The molecule has 11 heteroatoms. The van der Waals surface area contributed by atoms with Gasteiger partial charge < -0.3 is 21.1 Å². The molecular weight excluding hydrogens is 432 g/mol. The first-order valence-electron chi connectivity index (χ1n) is 10.0. The summed E-state index contributed by atoms with van der Waals surface area (Å²) in [7, 11) is 0. The van der Waals surface area contributed by atoms with Crippen LogP contribution in [0.1, 0.15) is 35.2 Å². The van der Waals surface area contributed by atoms with E-state index in [1.807, 2.05) is 0 Å². The molecule has 0 aromatic heterocycles. The van der Waals surface area contributed by atoms with Crippen LogP contribution in [0, 0.1) is 10.1 Å². The van der Waals surface area contributed by atoms with Crippen LogP contribution in [0.25, 0.3) is 0 Å². The third-order valence-electron chi connectivity index (χ3n) is 4.69. The third kappa shape index (κ3) is 7.42. The number of hydrogen-bond acceptors (Lipinski definition) is 7. The molecule has 4 N–H and O–H groups in total. The zero-order valence-electron chi connectivity index (χ0n) is 17.9. The Balaban J connectivity index is 2.18. The van der Waals surface area contributed by atoms with Crippen molar-refractivity contribution in [3.8, 4) is 0 Å². The predicted octanol–water partition coefficient (Wildman–Crippen LogP) is 1.03. The van der Waals surface area contributed by atoms with Crippen LogP contribution in [0.5, 0.6) is 0 Å². The van der Waals surface area contributed by atoms with Crippen LogP contribution in [0.2, 0.25) is 0 Å². The molecule has 2 rings (SSSR count). The van der Waals surface area contributed by atoms with Gasteiger partial charge in [-0.25, -0.2) is 0 Å². The lowest BCUT2D eigenvalue weighted by molar-refractivity contribution is -0.384. The molecule has 174 valence electrons. The van der Waals surface area contributed by atoms with Crippen molar-refractivity contribution < 1.29 is 28.8 Å². The van der Waals surface area contributed by atoms with Gasteiger partial charge in [-0.2, -0.15) is 0 Å². The van der Waals surface area contributed by atoms with Crippen LogP contribution in [0.4, 0.5) is 5.69 Å². The Labute approximate surface area is 189 Å². The fraction of sp³-hybridized carbons (Fsp3) is 0.273. The van der Waals surface area contributed by atoms with Gasteiger partial charge in [0.2, 0.25) is 11.8 Å². The highest BCUT2D eigenvalue weighted by atomic mass is 16.6. The number of hydrogen-bond donors (Lipinski definition) is 3. The Morgan fingerprint density at radius 2 is 1.70 bits per heavy atom. The van der Waals surface area contributed by atoms with Crippen LogP contribution in [-0.4, -0.2) is 47.8 Å². The van der Waals surface area contributed by atoms with E-state index in [-0.39, 0.29) is 18.7 Å². The summed E-state index contributed by atoms with van der Waals surface area (Å²) in [5, 5.41) is 15.8. The number of non-ortho nitro benzene ring substituents is 1. The van der Waals surface area contributed by atoms with Gasteiger partial charge in [-0.3, -0.25) is 29.3 Å². The number of nitrogens with one attached hydrogen (secondary N) is 2. The molecule has 3 amide bonds. The Morgan fingerprint density at radius 3 is 2.24 bits per heavy atom. The maximum Gasteiger partial charge on any atom is 0.306 e. The molecule has 0 heterocycles. The largest absolute Gasteiger partial charge is 0.466 e. The molecule has 2 aromatic rings. The summed E-state index contributed by atoms with van der Waals surface area (Å²) in [6, 6.07) is 12.1. The number of rotatable bonds is 11. The molecule has 0 aliphatic rings. The first-order chi connectivity index (χ1) is 15.7. The fourth-order valence-corrected chi connectivity index (χ4v) is 3.12. The SMILES string of the molecule is CCOC(=O)C[C@@H](c1ccc([N+](=O)[O-])cc1)[C@@H](NC(=O)CNC(=O)c1ccccc1)C(N)=O. The van der Waals surface area contributed by atoms with Crippen LogP contribution >= 0.6 is 0 Å². The first-order valence-corrected chi connectivity index (χ1v) is 10.0. The average Bonchev–Trinajstić information content (AvgIpc) is 2.80. The van der Waals surface area contributed by atoms with Gasteiger partial charge in [0.15, 0.2) is 0 Å². The van der Waals surface area contributed by atoms with Crippen molar-refractivity contribution in [1.29, 1.82) is 0 Å². The van der Waals surface area contributed by atoms with Crippen molar-refractivity contribution in [2.75, 3.05) is 13.2 Å². The van der Waals surface area contributed by atoms with E-state index in [1.54, 1.807) is 37.3 Å². The second-order valence-electron chi connectivity index (χ2n) is 6.96. The van der Waals surface area contributed by atoms with Crippen LogP contribution < -0.4 is 16.4 Å². The number of ether oxygens (including phenoxy) is 1. The zero-order valence-corrected chi connectivity index (χ0v) is 17.9. The molecule has 0 spiro atoms. The number of nitro benzene ring substituents is 1. The normalized spacial score (nSPS) is 12.2. The summed E-state index contributed by atoms with van der Waals surface area (Å²) in [5.41, 5.74) is 6.03. The molecule has 0 aliphatic heterocycles. The lowest BCUT2D eigenvalue weighted by Gasteiger charge is -2.25. The van der Waals surface area contributed by atoms with Gasteiger partial charge >= 0.3 is 5.97 Å². The molecule has 0 aliphatic carbocycles. The number of nitro groups is 1. The Kier molecular flexibility index (Phi) is 9.04. The Bertz CT molecular complexity index is 1010. The number of nitrogens with two attached hydrogens (primary N) is 1. The topological polar surface area (TPSA) is 171 Å². The maximum atomic E-state index is 12.4. The first kappa shape index (κ1) is 25.0. The van der Waals surface area contributed by atoms with Gasteiger partial charge in [0.1, 0.15) is 6.04 Å². The van der Waals surface area contributed by atoms with Crippen molar-refractivity contribution in [3.05, 3.63) is 75.8 Å². The van der Waals surface area contributed by atoms with Crippen molar-refractivity contribution in [2.24, 2.45) is 5.73 Å². The minimum atomic E-state index is -1.34. The fourth-order valence-electron chi connectivity index (χ4n) is 3.12. The zero-order chi connectivity index (χ0) is 24.4. The number of carbonyl (C=O) groups is 4. The molecule has 0 fully saturated rings. The number of esters is 1. The highest BCUT2D eigenvalue weighted by Gasteiger charge is 2.32. The smallest absolute Gasteiger partial charge is 0.306 e. The summed E-state index contributed by atoms with van der Waals surface area (Å²) < 4.78 is 4.95. The van der Waals surface area contributed by atoms with Crippen LogP contribution in [0.15, 0.2) is 54.6 Å². The van der Waals surface area contributed by atoms with Gasteiger partial charge in [-0.15, -0.1) is 0 Å². The summed E-state index contributed by atoms with van der Waals surface area (Å²) >= 11 is 0. The van der Waals surface area contributed by atoms with Crippen molar-refractivity contribution in [1.82, 2.24) is 10.6 Å². The standard InChI is InChI=1S/C22H24N4O7/c1-2-33-19(28)12-17(14-8-10-16(11-9-14)26(31)32)20(21(23)29)25-18(27)13-24-22(30)15-6-4-3-5-7-15/h3-11,17,20H,2,12-13H2,1H3,(H2,23,29)(H,24,30)(H,25,27)/t17-,20+/m0/s1. The third-order valence-corrected chi connectivity index (χ3v) is 4.69. The van der Waals surface area contributed by atoms with E-state index in [9.17, 15) is 29.3 Å². The second-order valence-corrected chi connectivity index (χ2v) is 6.96. The van der Waals surface area contributed by atoms with E-state index in [0.717, 1.165) is 0 Å². The highest BCUT2D eigenvalue weighted by Crippen LogP contribution is 2.26. The Hall–Kier alpha value is -4.28. The van der Waals surface area contributed by atoms with Gasteiger partial charge in [-0.05, 0) is 24.6 Å². The summed E-state index contributed by atoms with van der Waals surface area (Å²) in [5.74, 6) is -3.71. The van der Waals surface area contributed by atoms with E-state index in [1.165, 1.54) is 24.3 Å². The molecule has 33 heavy (non-hydrogen) atoms. The molecule has 0 saturated carbocycles.